The van der Waals surface area contributed by atoms with E-state index < -0.39 is 0 Å². The van der Waals surface area contributed by atoms with Crippen molar-refractivity contribution in [2.45, 2.75) is 27.3 Å². The second-order valence-corrected chi connectivity index (χ2v) is 6.30. The van der Waals surface area contributed by atoms with Gasteiger partial charge in [0.15, 0.2) is 0 Å². The molecule has 0 aliphatic carbocycles. The number of aromatic nitrogens is 2. The number of urea groups is 1. The van der Waals surface area contributed by atoms with Gasteiger partial charge in [0, 0.05) is 24.8 Å². The number of ether oxygens (including phenoxy) is 1. The smallest absolute Gasteiger partial charge is 0.319 e. The molecule has 0 spiro atoms. The molecule has 0 fully saturated rings. The number of benzene rings is 1. The van der Waals surface area contributed by atoms with Crippen molar-refractivity contribution in [1.29, 1.82) is 0 Å². The lowest BCUT2D eigenvalue weighted by Gasteiger charge is -2.15. The molecule has 1 atom stereocenters. The highest BCUT2D eigenvalue weighted by Gasteiger charge is 2.10. The molecule has 2 amide bonds. The first kappa shape index (κ1) is 18.1. The summed E-state index contributed by atoms with van der Waals surface area (Å²) in [5.41, 5.74) is 2.66. The van der Waals surface area contributed by atoms with Crippen molar-refractivity contribution in [2.75, 3.05) is 19.0 Å². The molecule has 1 aromatic carbocycles. The summed E-state index contributed by atoms with van der Waals surface area (Å²) in [6.07, 6.45) is 0. The molecule has 1 aromatic heterocycles. The third-order valence-corrected chi connectivity index (χ3v) is 3.94. The topological polar surface area (TPSA) is 68.2 Å². The quantitative estimate of drug-likeness (QED) is 0.836. The van der Waals surface area contributed by atoms with Gasteiger partial charge in [0.25, 0.3) is 0 Å². The summed E-state index contributed by atoms with van der Waals surface area (Å²) in [7, 11) is 1.57. The van der Waals surface area contributed by atoms with Crippen LogP contribution in [0.15, 0.2) is 24.3 Å². The van der Waals surface area contributed by atoms with Crippen molar-refractivity contribution in [2.24, 2.45) is 5.92 Å². The zero-order chi connectivity index (χ0) is 17.7. The average Bonchev–Trinajstić information content (AvgIpc) is 2.84. The van der Waals surface area contributed by atoms with E-state index >= 15 is 0 Å². The van der Waals surface area contributed by atoms with Crippen molar-refractivity contribution in [3.8, 4) is 5.75 Å². The van der Waals surface area contributed by atoms with E-state index in [2.05, 4.69) is 22.7 Å². The SMILES string of the molecule is COc1ccc(NC(=O)NCC(C)Cn2nc(C)cc2C)c(Cl)c1. The third-order valence-electron chi connectivity index (χ3n) is 3.62. The molecule has 24 heavy (non-hydrogen) atoms. The number of amides is 2. The molecule has 0 aliphatic rings. The number of rotatable bonds is 6. The number of hydrogen-bond acceptors (Lipinski definition) is 3. The Morgan fingerprint density at radius 2 is 2.12 bits per heavy atom. The highest BCUT2D eigenvalue weighted by Crippen LogP contribution is 2.26. The highest BCUT2D eigenvalue weighted by atomic mass is 35.5. The first-order valence-corrected chi connectivity index (χ1v) is 8.16. The van der Waals surface area contributed by atoms with Crippen LogP contribution in [0.3, 0.4) is 0 Å². The molecule has 0 saturated heterocycles. The van der Waals surface area contributed by atoms with E-state index in [1.165, 1.54) is 0 Å². The second-order valence-electron chi connectivity index (χ2n) is 5.90. The molecule has 0 bridgehead atoms. The number of nitrogens with one attached hydrogen (secondary N) is 2. The molecule has 6 nitrogen and oxygen atoms in total. The minimum atomic E-state index is -0.290. The summed E-state index contributed by atoms with van der Waals surface area (Å²) in [5.74, 6) is 0.893. The van der Waals surface area contributed by atoms with E-state index in [0.717, 1.165) is 17.9 Å². The molecular weight excluding hydrogens is 328 g/mol. The number of anilines is 1. The number of halogens is 1. The zero-order valence-corrected chi connectivity index (χ0v) is 15.1. The maximum Gasteiger partial charge on any atom is 0.319 e. The first-order valence-electron chi connectivity index (χ1n) is 7.78. The molecule has 2 N–H and O–H groups in total. The largest absolute Gasteiger partial charge is 0.497 e. The van der Waals surface area contributed by atoms with Crippen LogP contribution >= 0.6 is 11.6 Å². The minimum Gasteiger partial charge on any atom is -0.497 e. The van der Waals surface area contributed by atoms with Gasteiger partial charge in [-0.15, -0.1) is 0 Å². The summed E-state index contributed by atoms with van der Waals surface area (Å²) >= 11 is 6.11. The van der Waals surface area contributed by atoms with Crippen molar-refractivity contribution in [3.63, 3.8) is 0 Å². The lowest BCUT2D eigenvalue weighted by atomic mass is 10.2. The second kappa shape index (κ2) is 8.06. The molecule has 1 heterocycles. The predicted octanol–water partition coefficient (Wildman–Crippen LogP) is 3.62. The van der Waals surface area contributed by atoms with Gasteiger partial charge < -0.3 is 15.4 Å². The number of carbonyl (C=O) groups excluding carboxylic acids is 1. The summed E-state index contributed by atoms with van der Waals surface area (Å²) in [5, 5.41) is 10.5. The summed E-state index contributed by atoms with van der Waals surface area (Å²) < 4.78 is 7.04. The van der Waals surface area contributed by atoms with Crippen molar-refractivity contribution >= 4 is 23.3 Å². The molecule has 0 radical (unpaired) electrons. The molecule has 0 saturated carbocycles. The van der Waals surface area contributed by atoms with Gasteiger partial charge in [-0.25, -0.2) is 4.79 Å². The summed E-state index contributed by atoms with van der Waals surface area (Å²) in [4.78, 5) is 12.0. The van der Waals surface area contributed by atoms with Crippen LogP contribution in [0.1, 0.15) is 18.3 Å². The Morgan fingerprint density at radius 3 is 2.71 bits per heavy atom. The van der Waals surface area contributed by atoms with E-state index in [0.29, 0.717) is 23.0 Å². The zero-order valence-electron chi connectivity index (χ0n) is 14.4. The minimum absolute atomic E-state index is 0.250. The monoisotopic (exact) mass is 350 g/mol. The standard InChI is InChI=1S/C17H23ClN4O2/c1-11(10-22-13(3)7-12(2)21-22)9-19-17(23)20-16-6-5-14(24-4)8-15(16)18/h5-8,11H,9-10H2,1-4H3,(H2,19,20,23). The van der Waals surface area contributed by atoms with Crippen molar-refractivity contribution in [3.05, 3.63) is 40.7 Å². The molecule has 0 aliphatic heterocycles. The van der Waals surface area contributed by atoms with Crippen molar-refractivity contribution < 1.29 is 9.53 Å². The Balaban J connectivity index is 1.83. The predicted molar refractivity (Wildman–Crippen MR) is 95.9 cm³/mol. The molecule has 130 valence electrons. The lowest BCUT2D eigenvalue weighted by molar-refractivity contribution is 0.249. The van der Waals surface area contributed by atoms with Gasteiger partial charge in [-0.3, -0.25) is 4.68 Å². The van der Waals surface area contributed by atoms with Gasteiger partial charge in [-0.05, 0) is 38.0 Å². The molecule has 2 rings (SSSR count). The fourth-order valence-electron chi connectivity index (χ4n) is 2.38. The Hall–Kier alpha value is -2.21. The number of hydrogen-bond donors (Lipinski definition) is 2. The molecule has 7 heteroatoms. The van der Waals surface area contributed by atoms with Crippen LogP contribution in [0.2, 0.25) is 5.02 Å². The Labute approximate surface area is 147 Å². The van der Waals surface area contributed by atoms with Crippen LogP contribution in [-0.2, 0) is 6.54 Å². The van der Waals surface area contributed by atoms with E-state index in [-0.39, 0.29) is 11.9 Å². The van der Waals surface area contributed by atoms with E-state index in [1.807, 2.05) is 24.6 Å². The number of carbonyl (C=O) groups is 1. The van der Waals surface area contributed by atoms with Gasteiger partial charge in [-0.2, -0.15) is 5.10 Å². The maximum absolute atomic E-state index is 12.0. The third kappa shape index (κ3) is 4.89. The highest BCUT2D eigenvalue weighted by molar-refractivity contribution is 6.33. The van der Waals surface area contributed by atoms with Crippen LogP contribution in [-0.4, -0.2) is 29.5 Å². The van der Waals surface area contributed by atoms with Gasteiger partial charge >= 0.3 is 6.03 Å². The van der Waals surface area contributed by atoms with E-state index in [9.17, 15) is 4.79 Å². The van der Waals surface area contributed by atoms with Crippen molar-refractivity contribution in [1.82, 2.24) is 15.1 Å². The Bertz CT molecular complexity index is 715. The average molecular weight is 351 g/mol. The van der Waals surface area contributed by atoms with Crippen LogP contribution in [0.5, 0.6) is 5.75 Å². The molecular formula is C17H23ClN4O2. The van der Waals surface area contributed by atoms with Crippen LogP contribution < -0.4 is 15.4 Å². The summed E-state index contributed by atoms with van der Waals surface area (Å²) in [6.45, 7) is 7.36. The molecule has 1 unspecified atom stereocenters. The van der Waals surface area contributed by atoms with Gasteiger partial charge in [0.05, 0.1) is 23.5 Å². The van der Waals surface area contributed by atoms with Crippen LogP contribution in [0.4, 0.5) is 10.5 Å². The van der Waals surface area contributed by atoms with Crippen LogP contribution in [0, 0.1) is 19.8 Å². The molecule has 2 aromatic rings. The van der Waals surface area contributed by atoms with E-state index in [4.69, 9.17) is 16.3 Å². The fraction of sp³-hybridized carbons (Fsp3) is 0.412. The fourth-order valence-corrected chi connectivity index (χ4v) is 2.59. The Morgan fingerprint density at radius 1 is 1.38 bits per heavy atom. The van der Waals surface area contributed by atoms with Gasteiger partial charge in [0.2, 0.25) is 0 Å². The van der Waals surface area contributed by atoms with E-state index in [1.54, 1.807) is 25.3 Å². The normalized spacial score (nSPS) is 11.9. The lowest BCUT2D eigenvalue weighted by Crippen LogP contribution is -2.33. The maximum atomic E-state index is 12.0. The number of aryl methyl sites for hydroxylation is 2. The first-order chi connectivity index (χ1) is 11.4. The number of nitrogens with zero attached hydrogens (tertiary/aromatic N) is 2. The van der Waals surface area contributed by atoms with Crippen LogP contribution in [0.25, 0.3) is 0 Å². The Kier molecular flexibility index (Phi) is 6.09. The van der Waals surface area contributed by atoms with Gasteiger partial charge in [-0.1, -0.05) is 18.5 Å². The number of methoxy groups -OCH3 is 1. The summed E-state index contributed by atoms with van der Waals surface area (Å²) in [6, 6.07) is 6.86. The van der Waals surface area contributed by atoms with Gasteiger partial charge in [0.1, 0.15) is 5.75 Å².